The molecule has 4 rings (SSSR count). The van der Waals surface area contributed by atoms with Crippen LogP contribution in [0, 0.1) is 6.92 Å². The van der Waals surface area contributed by atoms with Crippen molar-refractivity contribution in [3.05, 3.63) is 57.2 Å². The van der Waals surface area contributed by atoms with Gasteiger partial charge < -0.3 is 39.4 Å². The largest absolute Gasteiger partial charge is 0.508 e. The van der Waals surface area contributed by atoms with E-state index < -0.39 is 35.5 Å². The quantitative estimate of drug-likeness (QED) is 0.236. The van der Waals surface area contributed by atoms with Gasteiger partial charge in [0.05, 0.1) is 7.11 Å². The minimum atomic E-state index is -2.23. The molecule has 2 aliphatic heterocycles. The van der Waals surface area contributed by atoms with Gasteiger partial charge in [-0.15, -0.1) is 0 Å². The number of aromatic hydroxyl groups is 3. The normalized spacial score (nSPS) is 20.3. The molecule has 2 aliphatic rings. The summed E-state index contributed by atoms with van der Waals surface area (Å²) in [6.45, 7) is 4.75. The molecule has 2 aromatic rings. The Hall–Kier alpha value is -4.25. The zero-order valence-electron chi connectivity index (χ0n) is 21.3. The molecule has 0 spiro atoms. The molecule has 11 heteroatoms. The van der Waals surface area contributed by atoms with Crippen LogP contribution in [0.15, 0.2) is 23.8 Å². The van der Waals surface area contributed by atoms with E-state index in [1.165, 1.54) is 7.11 Å². The fraction of sp³-hybridized carbons (Fsp3) is 0.370. The van der Waals surface area contributed by atoms with Crippen molar-refractivity contribution in [2.45, 2.75) is 58.5 Å². The van der Waals surface area contributed by atoms with Crippen LogP contribution in [0.5, 0.6) is 23.0 Å². The molecule has 0 aliphatic carbocycles. The summed E-state index contributed by atoms with van der Waals surface area (Å²) in [6.07, 6.45) is 0.653. The molecule has 202 valence electrons. The zero-order chi connectivity index (χ0) is 27.9. The van der Waals surface area contributed by atoms with Crippen molar-refractivity contribution >= 4 is 17.9 Å². The first-order valence-electron chi connectivity index (χ1n) is 11.8. The molecular weight excluding hydrogens is 500 g/mol. The van der Waals surface area contributed by atoms with E-state index in [0.717, 1.165) is 24.6 Å². The molecule has 0 saturated carbocycles. The summed E-state index contributed by atoms with van der Waals surface area (Å²) < 4.78 is 20.9. The molecule has 2 heterocycles. The molecule has 0 bridgehead atoms. The van der Waals surface area contributed by atoms with E-state index in [4.69, 9.17) is 18.9 Å². The SMILES string of the molecule is COc1c(C)c2c(c(O)c1CC=C(C)CCC(=O)O[C@H]1c3cc(O)cc(O)c3C(=O)O[C@@]1(C)O)C(=O)OC2. The number of phenolic OH excluding ortho intramolecular Hbond substituents is 3. The molecular formula is C27H28O11. The van der Waals surface area contributed by atoms with E-state index in [0.29, 0.717) is 22.4 Å². The Kier molecular flexibility index (Phi) is 6.98. The summed E-state index contributed by atoms with van der Waals surface area (Å²) in [6, 6.07) is 2.05. The van der Waals surface area contributed by atoms with Gasteiger partial charge in [0, 0.05) is 36.1 Å². The van der Waals surface area contributed by atoms with Gasteiger partial charge >= 0.3 is 17.9 Å². The smallest absolute Gasteiger partial charge is 0.345 e. The highest BCUT2D eigenvalue weighted by Crippen LogP contribution is 2.44. The standard InChI is InChI=1S/C27H28O11/c1-12(5-7-15-22(31)21-17(11-36-25(21)32)13(2)23(15)35-4)6-8-19(30)37-24-16-9-14(28)10-18(29)20(16)26(33)38-27(24,3)34/h5,9-10,24,28-29,31,34H,6-8,11H2,1-4H3/t24-,27+/m0/s1. The van der Waals surface area contributed by atoms with Gasteiger partial charge in [-0.05, 0) is 38.3 Å². The molecule has 11 nitrogen and oxygen atoms in total. The summed E-state index contributed by atoms with van der Waals surface area (Å²) in [5.41, 5.74) is 2.20. The topological polar surface area (TPSA) is 169 Å². The van der Waals surface area contributed by atoms with Crippen molar-refractivity contribution in [2.24, 2.45) is 0 Å². The summed E-state index contributed by atoms with van der Waals surface area (Å²) in [4.78, 5) is 37.0. The van der Waals surface area contributed by atoms with Crippen molar-refractivity contribution in [3.8, 4) is 23.0 Å². The van der Waals surface area contributed by atoms with Gasteiger partial charge in [-0.2, -0.15) is 0 Å². The van der Waals surface area contributed by atoms with Crippen LogP contribution >= 0.6 is 0 Å². The fourth-order valence-electron chi connectivity index (χ4n) is 4.71. The number of esters is 3. The lowest BCUT2D eigenvalue weighted by Crippen LogP contribution is -2.44. The molecule has 0 fully saturated rings. The molecule has 38 heavy (non-hydrogen) atoms. The summed E-state index contributed by atoms with van der Waals surface area (Å²) in [5, 5.41) is 41.2. The van der Waals surface area contributed by atoms with Crippen LogP contribution in [0.3, 0.4) is 0 Å². The van der Waals surface area contributed by atoms with Gasteiger partial charge in [-0.3, -0.25) is 4.79 Å². The number of carbonyl (C=O) groups is 3. The van der Waals surface area contributed by atoms with Crippen LogP contribution in [-0.2, 0) is 32.0 Å². The van der Waals surface area contributed by atoms with Gasteiger partial charge in [0.2, 0.25) is 0 Å². The van der Waals surface area contributed by atoms with E-state index in [2.05, 4.69) is 0 Å². The number of aliphatic hydroxyl groups is 1. The first-order chi connectivity index (χ1) is 17.9. The van der Waals surface area contributed by atoms with Gasteiger partial charge in [0.1, 0.15) is 40.7 Å². The predicted octanol–water partition coefficient (Wildman–Crippen LogP) is 3.22. The molecule has 2 aromatic carbocycles. The number of cyclic esters (lactones) is 2. The third-order valence-electron chi connectivity index (χ3n) is 6.68. The average molecular weight is 529 g/mol. The molecule has 0 unspecified atom stereocenters. The van der Waals surface area contributed by atoms with E-state index in [1.807, 2.05) is 0 Å². The highest BCUT2D eigenvalue weighted by molar-refractivity contribution is 5.98. The molecule has 0 saturated heterocycles. The van der Waals surface area contributed by atoms with E-state index in [9.17, 15) is 34.8 Å². The van der Waals surface area contributed by atoms with Gasteiger partial charge in [-0.25, -0.2) is 9.59 Å². The van der Waals surface area contributed by atoms with E-state index in [-0.39, 0.29) is 54.1 Å². The van der Waals surface area contributed by atoms with Crippen molar-refractivity contribution in [3.63, 3.8) is 0 Å². The van der Waals surface area contributed by atoms with Crippen LogP contribution in [0.2, 0.25) is 0 Å². The minimum absolute atomic E-state index is 0.0674. The number of methoxy groups -OCH3 is 1. The Bertz CT molecular complexity index is 1370. The monoisotopic (exact) mass is 528 g/mol. The predicted molar refractivity (Wildman–Crippen MR) is 130 cm³/mol. The maximum absolute atomic E-state index is 12.7. The number of hydrogen-bond acceptors (Lipinski definition) is 11. The lowest BCUT2D eigenvalue weighted by atomic mass is 9.93. The first kappa shape index (κ1) is 26.8. The second-order valence-electron chi connectivity index (χ2n) is 9.41. The molecule has 0 amide bonds. The second kappa shape index (κ2) is 9.90. The van der Waals surface area contributed by atoms with Crippen LogP contribution in [0.1, 0.15) is 75.8 Å². The Morgan fingerprint density at radius 2 is 1.87 bits per heavy atom. The van der Waals surface area contributed by atoms with Crippen molar-refractivity contribution in [1.29, 1.82) is 0 Å². The molecule has 0 radical (unpaired) electrons. The third kappa shape index (κ3) is 4.72. The number of allylic oxidation sites excluding steroid dienone is 2. The van der Waals surface area contributed by atoms with Crippen LogP contribution in [0.25, 0.3) is 0 Å². The zero-order valence-corrected chi connectivity index (χ0v) is 21.3. The minimum Gasteiger partial charge on any atom is -0.508 e. The van der Waals surface area contributed by atoms with Crippen LogP contribution in [-0.4, -0.2) is 51.2 Å². The van der Waals surface area contributed by atoms with E-state index >= 15 is 0 Å². The maximum Gasteiger partial charge on any atom is 0.345 e. The number of rotatable bonds is 7. The van der Waals surface area contributed by atoms with Crippen LogP contribution in [0.4, 0.5) is 0 Å². The third-order valence-corrected chi connectivity index (χ3v) is 6.68. The Morgan fingerprint density at radius 1 is 1.16 bits per heavy atom. The van der Waals surface area contributed by atoms with Crippen molar-refractivity contribution in [2.75, 3.05) is 7.11 Å². The Morgan fingerprint density at radius 3 is 2.55 bits per heavy atom. The number of ether oxygens (including phenoxy) is 4. The van der Waals surface area contributed by atoms with Gasteiger partial charge in [-0.1, -0.05) is 11.6 Å². The highest BCUT2D eigenvalue weighted by atomic mass is 16.7. The summed E-state index contributed by atoms with van der Waals surface area (Å²) >= 11 is 0. The molecule has 2 atom stereocenters. The first-order valence-corrected chi connectivity index (χ1v) is 11.8. The molecule has 0 aromatic heterocycles. The lowest BCUT2D eigenvalue weighted by Gasteiger charge is -2.36. The number of phenols is 3. The number of fused-ring (bicyclic) bond motifs is 2. The van der Waals surface area contributed by atoms with Gasteiger partial charge in [0.15, 0.2) is 6.10 Å². The summed E-state index contributed by atoms with van der Waals surface area (Å²) in [5.74, 6) is -5.30. The number of hydrogen-bond donors (Lipinski definition) is 4. The Balaban J connectivity index is 1.48. The van der Waals surface area contributed by atoms with E-state index in [1.54, 1.807) is 19.9 Å². The molecule has 4 N–H and O–H groups in total. The summed E-state index contributed by atoms with van der Waals surface area (Å²) in [7, 11) is 1.47. The number of benzene rings is 2. The fourth-order valence-corrected chi connectivity index (χ4v) is 4.71. The Labute approximate surface area is 217 Å². The van der Waals surface area contributed by atoms with Gasteiger partial charge in [0.25, 0.3) is 5.79 Å². The van der Waals surface area contributed by atoms with Crippen molar-refractivity contribution in [1.82, 2.24) is 0 Å². The second-order valence-corrected chi connectivity index (χ2v) is 9.41. The lowest BCUT2D eigenvalue weighted by molar-refractivity contribution is -0.233. The average Bonchev–Trinajstić information content (AvgIpc) is 3.22. The van der Waals surface area contributed by atoms with Crippen molar-refractivity contribution < 1.29 is 53.8 Å². The number of carbonyl (C=O) groups excluding carboxylic acids is 3. The van der Waals surface area contributed by atoms with Crippen LogP contribution < -0.4 is 4.74 Å². The maximum atomic E-state index is 12.7. The highest BCUT2D eigenvalue weighted by Gasteiger charge is 2.48.